The van der Waals surface area contributed by atoms with E-state index in [1.807, 2.05) is 18.7 Å². The Morgan fingerprint density at radius 2 is 2.10 bits per heavy atom. The Morgan fingerprint density at radius 3 is 2.60 bits per heavy atom. The fraction of sp³-hybridized carbons (Fsp3) is 0.500. The van der Waals surface area contributed by atoms with Crippen LogP contribution in [0.2, 0.25) is 0 Å². The standard InChI is InChI=1S/C12H16N4O4/c1-8-7-15(12(17)18)9(2)6-14(8)10-3-4-11(13-5-10)16(19)20/h3-5,8-9H,6-7H2,1-2H3,(H,17,18)/t8-,9+/m0/s1. The molecule has 2 rings (SSSR count). The zero-order valence-electron chi connectivity index (χ0n) is 11.3. The third-order valence-electron chi connectivity index (χ3n) is 3.48. The van der Waals surface area contributed by atoms with Crippen LogP contribution in [0.4, 0.5) is 16.3 Å². The van der Waals surface area contributed by atoms with Crippen LogP contribution in [0.15, 0.2) is 18.3 Å². The number of rotatable bonds is 2. The summed E-state index contributed by atoms with van der Waals surface area (Å²) < 4.78 is 0. The van der Waals surface area contributed by atoms with Gasteiger partial charge in [-0.05, 0) is 29.8 Å². The monoisotopic (exact) mass is 280 g/mol. The Hall–Kier alpha value is -2.38. The second kappa shape index (κ2) is 5.32. The summed E-state index contributed by atoms with van der Waals surface area (Å²) in [5.41, 5.74) is 0.764. The number of carbonyl (C=O) groups is 1. The van der Waals surface area contributed by atoms with Gasteiger partial charge in [0.15, 0.2) is 6.20 Å². The topological polar surface area (TPSA) is 99.8 Å². The van der Waals surface area contributed by atoms with Gasteiger partial charge in [-0.1, -0.05) is 0 Å². The number of piperazine rings is 1. The third kappa shape index (κ3) is 2.63. The molecule has 1 N–H and O–H groups in total. The van der Waals surface area contributed by atoms with Gasteiger partial charge in [0.25, 0.3) is 0 Å². The van der Waals surface area contributed by atoms with E-state index < -0.39 is 11.0 Å². The number of hydrogen-bond donors (Lipinski definition) is 1. The summed E-state index contributed by atoms with van der Waals surface area (Å²) >= 11 is 0. The zero-order chi connectivity index (χ0) is 14.9. The van der Waals surface area contributed by atoms with Crippen LogP contribution in [0.25, 0.3) is 0 Å². The van der Waals surface area contributed by atoms with Crippen molar-refractivity contribution in [1.29, 1.82) is 0 Å². The lowest BCUT2D eigenvalue weighted by Crippen LogP contribution is -2.58. The van der Waals surface area contributed by atoms with E-state index in [1.54, 1.807) is 6.07 Å². The van der Waals surface area contributed by atoms with Crippen LogP contribution in [0, 0.1) is 10.1 Å². The molecule has 0 radical (unpaired) electrons. The molecular weight excluding hydrogens is 264 g/mol. The molecule has 1 saturated heterocycles. The lowest BCUT2D eigenvalue weighted by Gasteiger charge is -2.43. The Labute approximate surface area is 115 Å². The SMILES string of the molecule is C[C@@H]1CN(c2ccc([N+](=O)[O-])nc2)[C@@H](C)CN1C(=O)O. The molecule has 20 heavy (non-hydrogen) atoms. The van der Waals surface area contributed by atoms with E-state index in [2.05, 4.69) is 4.98 Å². The molecule has 1 aliphatic rings. The minimum Gasteiger partial charge on any atom is -0.465 e. The van der Waals surface area contributed by atoms with Crippen LogP contribution in [0.1, 0.15) is 13.8 Å². The lowest BCUT2D eigenvalue weighted by molar-refractivity contribution is -0.389. The summed E-state index contributed by atoms with van der Waals surface area (Å²) in [6.45, 7) is 4.69. The maximum atomic E-state index is 11.1. The quantitative estimate of drug-likeness (QED) is 0.652. The van der Waals surface area contributed by atoms with Crippen molar-refractivity contribution in [2.45, 2.75) is 25.9 Å². The summed E-state index contributed by atoms with van der Waals surface area (Å²) in [5.74, 6) is -0.196. The van der Waals surface area contributed by atoms with Crippen molar-refractivity contribution in [2.75, 3.05) is 18.0 Å². The Kier molecular flexibility index (Phi) is 3.73. The first kappa shape index (κ1) is 14.0. The molecule has 1 amide bonds. The normalized spacial score (nSPS) is 22.7. The molecule has 8 heteroatoms. The van der Waals surface area contributed by atoms with Crippen LogP contribution < -0.4 is 4.90 Å². The van der Waals surface area contributed by atoms with Gasteiger partial charge in [-0.15, -0.1) is 0 Å². The average molecular weight is 280 g/mol. The van der Waals surface area contributed by atoms with Crippen molar-refractivity contribution in [3.63, 3.8) is 0 Å². The second-order valence-corrected chi connectivity index (χ2v) is 4.92. The van der Waals surface area contributed by atoms with Gasteiger partial charge in [-0.2, -0.15) is 0 Å². The fourth-order valence-electron chi connectivity index (χ4n) is 2.41. The first-order valence-electron chi connectivity index (χ1n) is 6.26. The number of anilines is 1. The predicted molar refractivity (Wildman–Crippen MR) is 71.9 cm³/mol. The minimum atomic E-state index is -0.925. The Balaban J connectivity index is 2.17. The van der Waals surface area contributed by atoms with Gasteiger partial charge in [0, 0.05) is 31.2 Å². The predicted octanol–water partition coefficient (Wildman–Crippen LogP) is 1.57. The van der Waals surface area contributed by atoms with Gasteiger partial charge < -0.3 is 25.0 Å². The highest BCUT2D eigenvalue weighted by atomic mass is 16.6. The van der Waals surface area contributed by atoms with Crippen molar-refractivity contribution in [3.05, 3.63) is 28.4 Å². The summed E-state index contributed by atoms with van der Waals surface area (Å²) in [5, 5.41) is 19.7. The fourth-order valence-corrected chi connectivity index (χ4v) is 2.41. The summed E-state index contributed by atoms with van der Waals surface area (Å²) in [6.07, 6.45) is 0.531. The van der Waals surface area contributed by atoms with E-state index in [1.165, 1.54) is 17.2 Å². The molecule has 2 atom stereocenters. The molecule has 1 fully saturated rings. The number of carboxylic acid groups (broad SMARTS) is 1. The number of amides is 1. The van der Waals surface area contributed by atoms with Crippen LogP contribution >= 0.6 is 0 Å². The molecule has 0 bridgehead atoms. The first-order chi connectivity index (χ1) is 9.40. The highest BCUT2D eigenvalue weighted by Gasteiger charge is 2.32. The van der Waals surface area contributed by atoms with Crippen molar-refractivity contribution in [3.8, 4) is 0 Å². The zero-order valence-corrected chi connectivity index (χ0v) is 11.3. The summed E-state index contributed by atoms with van der Waals surface area (Å²) in [6, 6.07) is 2.85. The van der Waals surface area contributed by atoms with E-state index in [-0.39, 0.29) is 17.9 Å². The van der Waals surface area contributed by atoms with E-state index >= 15 is 0 Å². The summed E-state index contributed by atoms with van der Waals surface area (Å²) in [4.78, 5) is 28.3. The number of nitrogens with zero attached hydrogens (tertiary/aromatic N) is 4. The molecular formula is C12H16N4O4. The van der Waals surface area contributed by atoms with Gasteiger partial charge in [0.1, 0.15) is 0 Å². The number of hydrogen-bond acceptors (Lipinski definition) is 5. The molecule has 108 valence electrons. The number of nitro groups is 1. The smallest absolute Gasteiger partial charge is 0.407 e. The van der Waals surface area contributed by atoms with Crippen molar-refractivity contribution in [2.24, 2.45) is 0 Å². The van der Waals surface area contributed by atoms with Crippen LogP contribution in [-0.4, -0.2) is 51.2 Å². The highest BCUT2D eigenvalue weighted by Crippen LogP contribution is 2.24. The van der Waals surface area contributed by atoms with Gasteiger partial charge in [0.2, 0.25) is 0 Å². The average Bonchev–Trinajstić information content (AvgIpc) is 2.40. The molecule has 8 nitrogen and oxygen atoms in total. The van der Waals surface area contributed by atoms with Crippen molar-refractivity contribution in [1.82, 2.24) is 9.88 Å². The maximum absolute atomic E-state index is 11.1. The first-order valence-corrected chi connectivity index (χ1v) is 6.26. The lowest BCUT2D eigenvalue weighted by atomic mass is 10.1. The molecule has 1 aromatic heterocycles. The highest BCUT2D eigenvalue weighted by molar-refractivity contribution is 5.66. The van der Waals surface area contributed by atoms with Gasteiger partial charge >= 0.3 is 11.9 Å². The van der Waals surface area contributed by atoms with Gasteiger partial charge in [-0.25, -0.2) is 4.79 Å². The van der Waals surface area contributed by atoms with Gasteiger partial charge in [-0.3, -0.25) is 0 Å². The number of aromatic nitrogens is 1. The molecule has 2 heterocycles. The van der Waals surface area contributed by atoms with Crippen LogP contribution in [0.3, 0.4) is 0 Å². The molecule has 0 saturated carbocycles. The Bertz CT molecular complexity index is 519. The second-order valence-electron chi connectivity index (χ2n) is 4.92. The van der Waals surface area contributed by atoms with E-state index in [0.717, 1.165) is 5.69 Å². The largest absolute Gasteiger partial charge is 0.465 e. The molecule has 0 aromatic carbocycles. The summed E-state index contributed by atoms with van der Waals surface area (Å²) in [7, 11) is 0. The van der Waals surface area contributed by atoms with Crippen LogP contribution in [-0.2, 0) is 0 Å². The molecule has 0 spiro atoms. The van der Waals surface area contributed by atoms with E-state index in [9.17, 15) is 14.9 Å². The Morgan fingerprint density at radius 1 is 1.40 bits per heavy atom. The molecule has 0 aliphatic carbocycles. The molecule has 1 aliphatic heterocycles. The van der Waals surface area contributed by atoms with Crippen LogP contribution in [0.5, 0.6) is 0 Å². The van der Waals surface area contributed by atoms with Gasteiger partial charge in [0.05, 0.1) is 5.69 Å². The maximum Gasteiger partial charge on any atom is 0.407 e. The van der Waals surface area contributed by atoms with Crippen molar-refractivity contribution < 1.29 is 14.8 Å². The molecule has 0 unspecified atom stereocenters. The minimum absolute atomic E-state index is 0.00874. The molecule has 1 aromatic rings. The van der Waals surface area contributed by atoms with E-state index in [0.29, 0.717) is 13.1 Å². The van der Waals surface area contributed by atoms with Crippen molar-refractivity contribution >= 4 is 17.6 Å². The van der Waals surface area contributed by atoms with E-state index in [4.69, 9.17) is 5.11 Å². The third-order valence-corrected chi connectivity index (χ3v) is 3.48. The number of pyridine rings is 1.